The Morgan fingerprint density at radius 1 is 0.526 bits per heavy atom. The van der Waals surface area contributed by atoms with E-state index < -0.39 is 0 Å². The summed E-state index contributed by atoms with van der Waals surface area (Å²) in [4.78, 5) is 0. The summed E-state index contributed by atoms with van der Waals surface area (Å²) in [6.45, 7) is 6.64. The first kappa shape index (κ1) is 10.8. The van der Waals surface area contributed by atoms with Crippen LogP contribution >= 0.6 is 0 Å². The van der Waals surface area contributed by atoms with E-state index in [2.05, 4.69) is 63.2 Å². The van der Waals surface area contributed by atoms with Crippen molar-refractivity contribution >= 4 is 32.3 Å². The van der Waals surface area contributed by atoms with Gasteiger partial charge in [0.15, 0.2) is 0 Å². The van der Waals surface area contributed by atoms with Crippen molar-refractivity contribution in [1.29, 1.82) is 0 Å². The quantitative estimate of drug-likeness (QED) is 0.358. The Morgan fingerprint density at radius 2 is 1.21 bits per heavy atom. The molecule has 0 fully saturated rings. The average Bonchev–Trinajstić information content (AvgIpc) is 2.41. The smallest absolute Gasteiger partial charge is 0.00214 e. The van der Waals surface area contributed by atoms with Crippen LogP contribution in [0.5, 0.6) is 0 Å². The van der Waals surface area contributed by atoms with E-state index in [-0.39, 0.29) is 0 Å². The van der Waals surface area contributed by atoms with E-state index in [1.165, 1.54) is 49.0 Å². The van der Waals surface area contributed by atoms with E-state index in [0.29, 0.717) is 0 Å². The predicted molar refractivity (Wildman–Crippen MR) is 84.4 cm³/mol. The molecule has 0 nitrogen and oxygen atoms in total. The van der Waals surface area contributed by atoms with Gasteiger partial charge in [0.2, 0.25) is 0 Å². The zero-order valence-corrected chi connectivity index (χ0v) is 11.5. The zero-order chi connectivity index (χ0) is 13.1. The van der Waals surface area contributed by atoms with E-state index >= 15 is 0 Å². The summed E-state index contributed by atoms with van der Waals surface area (Å²) < 4.78 is 0. The monoisotopic (exact) mass is 244 g/mol. The lowest BCUT2D eigenvalue weighted by atomic mass is 9.88. The lowest BCUT2D eigenvalue weighted by Crippen LogP contribution is -1.90. The highest BCUT2D eigenvalue weighted by Gasteiger charge is 2.12. The van der Waals surface area contributed by atoms with Gasteiger partial charge in [0, 0.05) is 0 Å². The van der Waals surface area contributed by atoms with Gasteiger partial charge in [-0.15, -0.1) is 0 Å². The molecule has 0 radical (unpaired) electrons. The maximum absolute atomic E-state index is 2.33. The summed E-state index contributed by atoms with van der Waals surface area (Å²) >= 11 is 0. The van der Waals surface area contributed by atoms with Crippen LogP contribution in [0.25, 0.3) is 32.3 Å². The molecule has 0 saturated heterocycles. The molecule has 0 unspecified atom stereocenters. The third kappa shape index (κ3) is 1.29. The standard InChI is InChI=1S/C19H16/c1-11-4-7-15-10-13(3)17-12(2)5-6-14-8-9-16(11)18(15)19(14)17/h4-10H,1-3H3. The van der Waals surface area contributed by atoms with Gasteiger partial charge in [-0.25, -0.2) is 0 Å². The van der Waals surface area contributed by atoms with E-state index in [4.69, 9.17) is 0 Å². The van der Waals surface area contributed by atoms with Crippen LogP contribution in [0.1, 0.15) is 16.7 Å². The van der Waals surface area contributed by atoms with Gasteiger partial charge in [-0.2, -0.15) is 0 Å². The van der Waals surface area contributed by atoms with Gasteiger partial charge < -0.3 is 0 Å². The number of benzene rings is 4. The molecule has 0 N–H and O–H groups in total. The molecular formula is C19H16. The van der Waals surface area contributed by atoms with Crippen LogP contribution in [-0.4, -0.2) is 0 Å². The SMILES string of the molecule is Cc1ccc2cc(C)c3c(C)ccc4ccc1c2c43. The van der Waals surface area contributed by atoms with Crippen molar-refractivity contribution in [3.8, 4) is 0 Å². The summed E-state index contributed by atoms with van der Waals surface area (Å²) in [5.41, 5.74) is 4.12. The van der Waals surface area contributed by atoms with Crippen LogP contribution in [0.3, 0.4) is 0 Å². The van der Waals surface area contributed by atoms with Crippen LogP contribution in [-0.2, 0) is 0 Å². The van der Waals surface area contributed by atoms with E-state index in [9.17, 15) is 0 Å². The predicted octanol–water partition coefficient (Wildman–Crippen LogP) is 5.51. The molecule has 0 bridgehead atoms. The molecule has 0 heteroatoms. The number of hydrogen-bond acceptors (Lipinski definition) is 0. The molecule has 0 atom stereocenters. The third-order valence-electron chi connectivity index (χ3n) is 4.39. The van der Waals surface area contributed by atoms with Gasteiger partial charge >= 0.3 is 0 Å². The third-order valence-corrected chi connectivity index (χ3v) is 4.39. The molecule has 0 aliphatic heterocycles. The molecule has 19 heavy (non-hydrogen) atoms. The van der Waals surface area contributed by atoms with Crippen molar-refractivity contribution in [3.63, 3.8) is 0 Å². The van der Waals surface area contributed by atoms with Gasteiger partial charge in [-0.05, 0) is 69.8 Å². The van der Waals surface area contributed by atoms with Crippen molar-refractivity contribution in [1.82, 2.24) is 0 Å². The molecule has 4 rings (SSSR count). The molecule has 0 aliphatic rings. The van der Waals surface area contributed by atoms with Crippen LogP contribution in [0, 0.1) is 20.8 Å². The number of rotatable bonds is 0. The first-order chi connectivity index (χ1) is 9.16. The summed E-state index contributed by atoms with van der Waals surface area (Å²) in [6, 6.07) is 15.8. The van der Waals surface area contributed by atoms with E-state index in [0.717, 1.165) is 0 Å². The lowest BCUT2D eigenvalue weighted by Gasteiger charge is -2.15. The van der Waals surface area contributed by atoms with Crippen molar-refractivity contribution < 1.29 is 0 Å². The van der Waals surface area contributed by atoms with Crippen LogP contribution in [0.2, 0.25) is 0 Å². The van der Waals surface area contributed by atoms with Crippen LogP contribution in [0.15, 0.2) is 42.5 Å². The molecule has 0 saturated carbocycles. The second-order valence-electron chi connectivity index (χ2n) is 5.64. The Bertz CT molecular complexity index is 929. The van der Waals surface area contributed by atoms with Gasteiger partial charge in [0.05, 0.1) is 0 Å². The normalized spacial score (nSPS) is 11.9. The Morgan fingerprint density at radius 3 is 2.05 bits per heavy atom. The highest BCUT2D eigenvalue weighted by molar-refractivity contribution is 6.24. The molecule has 0 aliphatic carbocycles. The summed E-state index contributed by atoms with van der Waals surface area (Å²) in [7, 11) is 0. The Kier molecular flexibility index (Phi) is 1.98. The van der Waals surface area contributed by atoms with Crippen LogP contribution < -0.4 is 0 Å². The molecule has 4 aromatic rings. The first-order valence-corrected chi connectivity index (χ1v) is 6.81. The minimum absolute atomic E-state index is 1.35. The first-order valence-electron chi connectivity index (χ1n) is 6.81. The minimum Gasteiger partial charge on any atom is -0.0581 e. The molecule has 0 heterocycles. The molecule has 4 aromatic carbocycles. The van der Waals surface area contributed by atoms with Gasteiger partial charge in [-0.3, -0.25) is 0 Å². The van der Waals surface area contributed by atoms with Gasteiger partial charge in [0.25, 0.3) is 0 Å². The second-order valence-corrected chi connectivity index (χ2v) is 5.64. The average molecular weight is 244 g/mol. The molecular weight excluding hydrogens is 228 g/mol. The Labute approximate surface area is 113 Å². The van der Waals surface area contributed by atoms with Crippen molar-refractivity contribution in [2.24, 2.45) is 0 Å². The fourth-order valence-electron chi connectivity index (χ4n) is 3.47. The maximum atomic E-state index is 2.33. The second kappa shape index (κ2) is 3.48. The van der Waals surface area contributed by atoms with Crippen LogP contribution in [0.4, 0.5) is 0 Å². The van der Waals surface area contributed by atoms with Gasteiger partial charge in [0.1, 0.15) is 0 Å². The Balaban J connectivity index is 2.48. The fourth-order valence-corrected chi connectivity index (χ4v) is 3.47. The Hall–Kier alpha value is -2.08. The number of hydrogen-bond donors (Lipinski definition) is 0. The topological polar surface area (TPSA) is 0 Å². The highest BCUT2D eigenvalue weighted by atomic mass is 14.2. The van der Waals surface area contributed by atoms with Crippen molar-refractivity contribution in [3.05, 3.63) is 59.2 Å². The summed E-state index contributed by atoms with van der Waals surface area (Å²) in [5.74, 6) is 0. The largest absolute Gasteiger partial charge is 0.0581 e. The van der Waals surface area contributed by atoms with E-state index in [1.807, 2.05) is 0 Å². The molecule has 0 spiro atoms. The molecule has 92 valence electrons. The van der Waals surface area contributed by atoms with Crippen molar-refractivity contribution in [2.45, 2.75) is 20.8 Å². The summed E-state index contributed by atoms with van der Waals surface area (Å²) in [5, 5.41) is 8.41. The van der Waals surface area contributed by atoms with E-state index in [1.54, 1.807) is 0 Å². The number of aryl methyl sites for hydroxylation is 3. The van der Waals surface area contributed by atoms with Gasteiger partial charge in [-0.1, -0.05) is 42.5 Å². The van der Waals surface area contributed by atoms with Crippen molar-refractivity contribution in [2.75, 3.05) is 0 Å². The minimum atomic E-state index is 1.35. The fraction of sp³-hybridized carbons (Fsp3) is 0.158. The lowest BCUT2D eigenvalue weighted by molar-refractivity contribution is 1.48. The molecule has 0 aromatic heterocycles. The molecule has 0 amide bonds. The maximum Gasteiger partial charge on any atom is -0.00214 e. The zero-order valence-electron chi connectivity index (χ0n) is 11.5. The summed E-state index contributed by atoms with van der Waals surface area (Å²) in [6.07, 6.45) is 0. The highest BCUT2D eigenvalue weighted by Crippen LogP contribution is 2.38.